The average molecular weight is 397 g/mol. The fourth-order valence-corrected chi connectivity index (χ4v) is 5.64. The summed E-state index contributed by atoms with van der Waals surface area (Å²) in [7, 11) is -4.02. The number of hydrogen-bond acceptors (Lipinski definition) is 4. The molecular formula is C18H21FN2O3S2. The van der Waals surface area contributed by atoms with Crippen molar-refractivity contribution in [3.05, 3.63) is 47.6 Å². The zero-order valence-electron chi connectivity index (χ0n) is 14.5. The van der Waals surface area contributed by atoms with E-state index in [2.05, 4.69) is 6.92 Å². The van der Waals surface area contributed by atoms with E-state index in [9.17, 15) is 17.6 Å². The first-order valence-corrected chi connectivity index (χ1v) is 10.8. The van der Waals surface area contributed by atoms with Crippen molar-refractivity contribution in [2.45, 2.75) is 24.0 Å². The minimum Gasteiger partial charge on any atom is -0.341 e. The number of amides is 1. The maximum Gasteiger partial charge on any atom is 0.274 e. The number of carbonyl (C=O) groups is 1. The summed E-state index contributed by atoms with van der Waals surface area (Å²) in [5, 5.41) is 1.64. The van der Waals surface area contributed by atoms with E-state index in [1.54, 1.807) is 22.4 Å². The summed E-state index contributed by atoms with van der Waals surface area (Å²) in [4.78, 5) is 14.4. The molecular weight excluding hydrogens is 375 g/mol. The number of thiophene rings is 1. The van der Waals surface area contributed by atoms with Crippen LogP contribution in [0.5, 0.6) is 0 Å². The minimum atomic E-state index is -4.02. The van der Waals surface area contributed by atoms with Crippen LogP contribution in [0, 0.1) is 11.7 Å². The molecule has 1 aliphatic rings. The summed E-state index contributed by atoms with van der Waals surface area (Å²) in [6, 6.07) is 8.70. The Kier molecular flexibility index (Phi) is 5.62. The summed E-state index contributed by atoms with van der Waals surface area (Å²) < 4.78 is 41.4. The molecule has 0 N–H and O–H groups in total. The van der Waals surface area contributed by atoms with Crippen molar-refractivity contribution in [3.63, 3.8) is 0 Å². The lowest BCUT2D eigenvalue weighted by atomic mass is 10.0. The van der Waals surface area contributed by atoms with Crippen LogP contribution in [0.25, 0.3) is 0 Å². The minimum absolute atomic E-state index is 0.0839. The van der Waals surface area contributed by atoms with Gasteiger partial charge in [-0.3, -0.25) is 9.10 Å². The summed E-state index contributed by atoms with van der Waals surface area (Å²) >= 11 is 1.04. The molecule has 0 radical (unpaired) electrons. The standard InChI is InChI=1S/C18H21FN2O3S2/c1-14-6-4-10-20(12-14)17(22)13-21(16-8-3-2-7-15(16)19)26(23,24)18-9-5-11-25-18/h2-3,5,7-9,11,14H,4,6,10,12-13H2,1H3. The van der Waals surface area contributed by atoms with Gasteiger partial charge >= 0.3 is 0 Å². The van der Waals surface area contributed by atoms with E-state index in [4.69, 9.17) is 0 Å². The van der Waals surface area contributed by atoms with Crippen molar-refractivity contribution < 1.29 is 17.6 Å². The van der Waals surface area contributed by atoms with Crippen molar-refractivity contribution >= 4 is 33.0 Å². The van der Waals surface area contributed by atoms with Crippen LogP contribution < -0.4 is 4.31 Å². The van der Waals surface area contributed by atoms with Gasteiger partial charge in [-0.1, -0.05) is 25.1 Å². The highest BCUT2D eigenvalue weighted by molar-refractivity contribution is 7.94. The third-order valence-electron chi connectivity index (χ3n) is 4.45. The van der Waals surface area contributed by atoms with Crippen LogP contribution >= 0.6 is 11.3 Å². The van der Waals surface area contributed by atoms with Crippen LogP contribution in [0.2, 0.25) is 0 Å². The first kappa shape index (κ1) is 18.8. The highest BCUT2D eigenvalue weighted by atomic mass is 32.2. The van der Waals surface area contributed by atoms with Crippen LogP contribution in [-0.4, -0.2) is 38.9 Å². The Morgan fingerprint density at radius 3 is 2.73 bits per heavy atom. The predicted molar refractivity (Wildman–Crippen MR) is 100 cm³/mol. The second kappa shape index (κ2) is 7.75. The van der Waals surface area contributed by atoms with E-state index in [0.717, 1.165) is 28.5 Å². The van der Waals surface area contributed by atoms with Gasteiger partial charge in [0, 0.05) is 13.1 Å². The molecule has 5 nitrogen and oxygen atoms in total. The van der Waals surface area contributed by atoms with Crippen molar-refractivity contribution in [2.75, 3.05) is 23.9 Å². The van der Waals surface area contributed by atoms with Crippen LogP contribution in [0.4, 0.5) is 10.1 Å². The van der Waals surface area contributed by atoms with E-state index in [0.29, 0.717) is 19.0 Å². The zero-order valence-corrected chi connectivity index (χ0v) is 16.1. The largest absolute Gasteiger partial charge is 0.341 e. The molecule has 1 aromatic carbocycles. The van der Waals surface area contributed by atoms with E-state index < -0.39 is 22.4 Å². The summed E-state index contributed by atoms with van der Waals surface area (Å²) in [6.45, 7) is 2.86. The molecule has 26 heavy (non-hydrogen) atoms. The molecule has 0 aliphatic carbocycles. The molecule has 1 aromatic heterocycles. The SMILES string of the molecule is CC1CCCN(C(=O)CN(c2ccccc2F)S(=O)(=O)c2cccs2)C1. The number of halogens is 1. The van der Waals surface area contributed by atoms with Gasteiger partial charge in [0.05, 0.1) is 5.69 Å². The number of likely N-dealkylation sites (tertiary alicyclic amines) is 1. The molecule has 0 saturated carbocycles. The second-order valence-electron chi connectivity index (χ2n) is 6.48. The third kappa shape index (κ3) is 3.91. The molecule has 8 heteroatoms. The van der Waals surface area contributed by atoms with Gasteiger partial charge in [0.1, 0.15) is 16.6 Å². The van der Waals surface area contributed by atoms with Crippen molar-refractivity contribution in [1.29, 1.82) is 0 Å². The number of benzene rings is 1. The zero-order chi connectivity index (χ0) is 18.7. The fourth-order valence-electron chi connectivity index (χ4n) is 3.11. The molecule has 2 heterocycles. The van der Waals surface area contributed by atoms with Crippen LogP contribution in [-0.2, 0) is 14.8 Å². The Morgan fingerprint density at radius 1 is 1.31 bits per heavy atom. The normalized spacial score (nSPS) is 17.9. The number of nitrogens with zero attached hydrogens (tertiary/aromatic N) is 2. The van der Waals surface area contributed by atoms with Crippen molar-refractivity contribution in [3.8, 4) is 0 Å². The molecule has 0 spiro atoms. The maximum atomic E-state index is 14.3. The topological polar surface area (TPSA) is 57.7 Å². The smallest absolute Gasteiger partial charge is 0.274 e. The van der Waals surface area contributed by atoms with Crippen LogP contribution in [0.3, 0.4) is 0 Å². The third-order valence-corrected chi connectivity index (χ3v) is 7.58. The molecule has 0 bridgehead atoms. The van der Waals surface area contributed by atoms with Crippen molar-refractivity contribution in [1.82, 2.24) is 4.90 Å². The van der Waals surface area contributed by atoms with E-state index >= 15 is 0 Å². The van der Waals surface area contributed by atoms with Gasteiger partial charge in [-0.05, 0) is 42.3 Å². The summed E-state index contributed by atoms with van der Waals surface area (Å²) in [6.07, 6.45) is 1.94. The highest BCUT2D eigenvalue weighted by Crippen LogP contribution is 2.29. The van der Waals surface area contributed by atoms with Gasteiger partial charge in [-0.25, -0.2) is 12.8 Å². The Hall–Kier alpha value is -1.93. The number of carbonyl (C=O) groups excluding carboxylic acids is 1. The first-order chi connectivity index (χ1) is 12.4. The van der Waals surface area contributed by atoms with Crippen LogP contribution in [0.1, 0.15) is 19.8 Å². The van der Waals surface area contributed by atoms with Gasteiger partial charge < -0.3 is 4.90 Å². The average Bonchev–Trinajstić information content (AvgIpc) is 3.15. The molecule has 140 valence electrons. The summed E-state index contributed by atoms with van der Waals surface area (Å²) in [5.41, 5.74) is -0.112. The van der Waals surface area contributed by atoms with Gasteiger partial charge in [0.25, 0.3) is 10.0 Å². The molecule has 1 fully saturated rings. The van der Waals surface area contributed by atoms with E-state index in [1.807, 2.05) is 0 Å². The lowest BCUT2D eigenvalue weighted by molar-refractivity contribution is -0.131. The predicted octanol–water partition coefficient (Wildman–Crippen LogP) is 3.34. The van der Waals surface area contributed by atoms with E-state index in [-0.39, 0.29) is 15.8 Å². The molecule has 3 rings (SSSR count). The number of para-hydroxylation sites is 1. The molecule has 1 amide bonds. The number of rotatable bonds is 5. The summed E-state index contributed by atoms with van der Waals surface area (Å²) in [5.74, 6) is -0.601. The Morgan fingerprint density at radius 2 is 2.08 bits per heavy atom. The Labute approximate surface area is 157 Å². The maximum absolute atomic E-state index is 14.3. The lowest BCUT2D eigenvalue weighted by Gasteiger charge is -2.33. The van der Waals surface area contributed by atoms with E-state index in [1.165, 1.54) is 24.3 Å². The Bertz CT molecular complexity index is 868. The van der Waals surface area contributed by atoms with Gasteiger partial charge in [-0.2, -0.15) is 0 Å². The number of piperidine rings is 1. The fraction of sp³-hybridized carbons (Fsp3) is 0.389. The van der Waals surface area contributed by atoms with Gasteiger partial charge in [-0.15, -0.1) is 11.3 Å². The highest BCUT2D eigenvalue weighted by Gasteiger charge is 2.32. The van der Waals surface area contributed by atoms with Gasteiger partial charge in [0.2, 0.25) is 5.91 Å². The Balaban J connectivity index is 1.94. The lowest BCUT2D eigenvalue weighted by Crippen LogP contribution is -2.46. The molecule has 2 aromatic rings. The molecule has 1 saturated heterocycles. The van der Waals surface area contributed by atoms with Gasteiger partial charge in [0.15, 0.2) is 0 Å². The first-order valence-electron chi connectivity index (χ1n) is 8.48. The second-order valence-corrected chi connectivity index (χ2v) is 9.52. The number of anilines is 1. The van der Waals surface area contributed by atoms with Crippen molar-refractivity contribution in [2.24, 2.45) is 5.92 Å². The monoisotopic (exact) mass is 396 g/mol. The quantitative estimate of drug-likeness (QED) is 0.779. The number of hydrogen-bond donors (Lipinski definition) is 0. The van der Waals surface area contributed by atoms with Crippen LogP contribution in [0.15, 0.2) is 46.0 Å². The number of sulfonamides is 1. The molecule has 1 unspecified atom stereocenters. The molecule has 1 aliphatic heterocycles. The molecule has 1 atom stereocenters.